The van der Waals surface area contributed by atoms with Crippen LogP contribution in [0.4, 0.5) is 0 Å². The molecule has 7 atom stereocenters. The van der Waals surface area contributed by atoms with Gasteiger partial charge in [0, 0.05) is 0 Å². The summed E-state index contributed by atoms with van der Waals surface area (Å²) >= 11 is 0. The minimum atomic E-state index is -5.09. The van der Waals surface area contributed by atoms with Gasteiger partial charge in [0.2, 0.25) is 0 Å². The van der Waals surface area contributed by atoms with Crippen LogP contribution in [0.5, 0.6) is 0 Å². The van der Waals surface area contributed by atoms with E-state index in [9.17, 15) is 38.5 Å². The molecule has 0 unspecified atom stereocenters. The number of allylic oxidation sites excluding steroid dienone is 3. The average Bonchev–Trinajstić information content (AvgIpc) is 3.22. The van der Waals surface area contributed by atoms with Gasteiger partial charge in [-0.3, -0.25) is 9.55 Å². The smallest absolute Gasteiger partial charge is 0.862 e. The number of aliphatic imine (C=N–C) groups is 1. The summed E-state index contributed by atoms with van der Waals surface area (Å²) in [5.74, 6) is -0.389. The van der Waals surface area contributed by atoms with Crippen molar-refractivity contribution < 1.29 is 81.7 Å². The second kappa shape index (κ2) is 41.0. The molecule has 0 aliphatic carbocycles. The van der Waals surface area contributed by atoms with E-state index in [1.165, 1.54) is 141 Å². The number of ether oxygens (including phenoxy) is 2. The van der Waals surface area contributed by atoms with Gasteiger partial charge in [0.1, 0.15) is 30.5 Å². The van der Waals surface area contributed by atoms with Crippen molar-refractivity contribution in [2.24, 2.45) is 4.99 Å². The summed E-state index contributed by atoms with van der Waals surface area (Å²) in [6, 6.07) is -1.07. The van der Waals surface area contributed by atoms with Gasteiger partial charge in [-0.05, 0) is 57.3 Å². The molecule has 0 aromatic carbocycles. The number of unbranched alkanes of at least 4 members (excludes halogenated alkanes) is 27. The average molecular weight is 898 g/mol. The van der Waals surface area contributed by atoms with E-state index in [1.54, 1.807) is 6.08 Å². The molecule has 1 saturated heterocycles. The molecule has 12 nitrogen and oxygen atoms in total. The Hall–Kier alpha value is -0.420. The van der Waals surface area contributed by atoms with E-state index in [4.69, 9.17) is 9.47 Å². The predicted octanol–water partition coefficient (Wildman–Crippen LogP) is 6.37. The summed E-state index contributed by atoms with van der Waals surface area (Å²) in [7, 11) is -5.09. The zero-order valence-corrected chi connectivity index (χ0v) is 41.5. The van der Waals surface area contributed by atoms with Crippen molar-refractivity contribution >= 4 is 16.3 Å². The van der Waals surface area contributed by atoms with Crippen molar-refractivity contribution in [3.8, 4) is 0 Å². The Bertz CT molecular complexity index is 1190. The Morgan fingerprint density at radius 2 is 1.08 bits per heavy atom. The standard InChI is InChI=1S/C47H89NO11S.Na/c1-3-5-7-9-11-13-15-17-18-19-20-21-22-23-24-25-27-29-31-33-35-37-43(51)48-40(41(50)36-34-32-30-28-26-16-14-12-10-8-6-4-2)39-57-47-45(53)46(59-60(54,55)56)44(52)42(38-49)58-47;/h17-18,34,36,40-42,44-47,49-50,52-53H,3-16,19-33,35,37-39H2,1-2H3,(H,48,51)(H,54,55,56);/q;+1/p-1/b18-17-,36-34+;/t40-,41+,42+,44-,45+,46-,47+;/m0./s1. The molecule has 5 N–H and O–H groups in total. The van der Waals surface area contributed by atoms with Gasteiger partial charge in [0.05, 0.1) is 19.3 Å². The van der Waals surface area contributed by atoms with Gasteiger partial charge in [0.25, 0.3) is 0 Å². The Morgan fingerprint density at radius 1 is 0.672 bits per heavy atom. The van der Waals surface area contributed by atoms with E-state index in [0.717, 1.165) is 44.9 Å². The second-order valence-electron chi connectivity index (χ2n) is 17.0. The molecule has 1 rings (SSSR count). The third kappa shape index (κ3) is 33.7. The minimum Gasteiger partial charge on any atom is -0.862 e. The fourth-order valence-electron chi connectivity index (χ4n) is 7.62. The van der Waals surface area contributed by atoms with Crippen LogP contribution in [0, 0.1) is 0 Å². The summed E-state index contributed by atoms with van der Waals surface area (Å²) in [6.45, 7) is 3.31. The number of nitrogens with zero attached hydrogens (tertiary/aromatic N) is 1. The summed E-state index contributed by atoms with van der Waals surface area (Å²) in [6.07, 6.45) is 34.6. The van der Waals surface area contributed by atoms with E-state index < -0.39 is 66.5 Å². The van der Waals surface area contributed by atoms with E-state index >= 15 is 0 Å². The molecule has 14 heteroatoms. The molecule has 61 heavy (non-hydrogen) atoms. The number of rotatable bonds is 41. The van der Waals surface area contributed by atoms with Crippen molar-refractivity contribution in [3.05, 3.63) is 24.3 Å². The molecule has 1 fully saturated rings. The Morgan fingerprint density at radius 3 is 1.51 bits per heavy atom. The van der Waals surface area contributed by atoms with Crippen LogP contribution in [-0.4, -0.2) is 95.4 Å². The molecule has 1 aliphatic rings. The minimum absolute atomic E-state index is 0. The van der Waals surface area contributed by atoms with Crippen LogP contribution >= 0.6 is 0 Å². The van der Waals surface area contributed by atoms with Crippen molar-refractivity contribution in [1.82, 2.24) is 0 Å². The third-order valence-corrected chi connectivity index (χ3v) is 11.9. The van der Waals surface area contributed by atoms with Crippen LogP contribution in [-0.2, 0) is 24.1 Å². The van der Waals surface area contributed by atoms with Crippen molar-refractivity contribution in [2.75, 3.05) is 13.2 Å². The summed E-state index contributed by atoms with van der Waals surface area (Å²) in [5.41, 5.74) is 0. The quantitative estimate of drug-likeness (QED) is 0.0114. The first-order chi connectivity index (χ1) is 29.0. The van der Waals surface area contributed by atoms with E-state index in [2.05, 4.69) is 35.2 Å². The van der Waals surface area contributed by atoms with Gasteiger partial charge in [-0.1, -0.05) is 186 Å². The number of aliphatic hydroxyl groups is 4. The molecule has 0 spiro atoms. The third-order valence-electron chi connectivity index (χ3n) is 11.4. The molecule has 354 valence electrons. The molecule has 0 aromatic rings. The first-order valence-electron chi connectivity index (χ1n) is 24.2. The molecular formula is C47H88NNaO11S. The maximum Gasteiger partial charge on any atom is 1.00 e. The fraction of sp³-hybridized carbons (Fsp3) is 0.894. The molecule has 0 aromatic heterocycles. The summed E-state index contributed by atoms with van der Waals surface area (Å²) in [4.78, 5) is 4.24. The van der Waals surface area contributed by atoms with Crippen molar-refractivity contribution in [3.63, 3.8) is 0 Å². The summed E-state index contributed by atoms with van der Waals surface area (Å²) < 4.78 is 47.5. The maximum absolute atomic E-state index is 13.0. The Kier molecular flexibility index (Phi) is 40.8. The first-order valence-corrected chi connectivity index (χ1v) is 25.5. The van der Waals surface area contributed by atoms with Gasteiger partial charge < -0.3 is 35.0 Å². The van der Waals surface area contributed by atoms with Gasteiger partial charge in [-0.2, -0.15) is 8.42 Å². The van der Waals surface area contributed by atoms with Gasteiger partial charge in [0.15, 0.2) is 6.29 Å². The SMILES string of the molecule is CCCCCCCC/C=C\CCCCCCCCCCCCCC([O-])=N[C@@H](CO[C@@H]1O[C@H](CO)[C@H](O)[C@H](OS(=O)(=O)O)[C@H]1O)[C@H](O)/C=C/CCCCCCCCCCCC.[Na+]. The van der Waals surface area contributed by atoms with E-state index in [0.29, 0.717) is 6.42 Å². The molecule has 0 amide bonds. The molecule has 1 aliphatic heterocycles. The number of hydrogen-bond donors (Lipinski definition) is 5. The fourth-order valence-corrected chi connectivity index (χ4v) is 8.13. The van der Waals surface area contributed by atoms with Crippen LogP contribution in [0.2, 0.25) is 0 Å². The van der Waals surface area contributed by atoms with E-state index in [-0.39, 0.29) is 41.9 Å². The predicted molar refractivity (Wildman–Crippen MR) is 240 cm³/mol. The van der Waals surface area contributed by atoms with Gasteiger partial charge >= 0.3 is 40.0 Å². The summed E-state index contributed by atoms with van der Waals surface area (Å²) in [5, 5.41) is 54.8. The van der Waals surface area contributed by atoms with Crippen LogP contribution in [0.3, 0.4) is 0 Å². The molecular weight excluding hydrogens is 810 g/mol. The van der Waals surface area contributed by atoms with Gasteiger partial charge in [-0.25, -0.2) is 4.18 Å². The molecule has 0 saturated carbocycles. The Labute approximate surface area is 394 Å². The topological polar surface area (TPSA) is 198 Å². The van der Waals surface area contributed by atoms with E-state index in [1.807, 2.05) is 6.08 Å². The molecule has 0 radical (unpaired) electrons. The largest absolute Gasteiger partial charge is 1.00 e. The molecule has 1 heterocycles. The molecule has 0 bridgehead atoms. The zero-order chi connectivity index (χ0) is 44.1. The van der Waals surface area contributed by atoms with Crippen molar-refractivity contribution in [1.29, 1.82) is 0 Å². The van der Waals surface area contributed by atoms with Crippen LogP contribution in [0.1, 0.15) is 213 Å². The van der Waals surface area contributed by atoms with Crippen LogP contribution in [0.25, 0.3) is 0 Å². The van der Waals surface area contributed by atoms with Crippen molar-refractivity contribution in [2.45, 2.75) is 256 Å². The van der Waals surface area contributed by atoms with Gasteiger partial charge in [-0.15, -0.1) is 0 Å². The Balaban J connectivity index is 0.0000360. The number of aliphatic hydroxyl groups excluding tert-OH is 4. The normalized spacial score (nSPS) is 21.0. The zero-order valence-electron chi connectivity index (χ0n) is 38.7. The monoisotopic (exact) mass is 898 g/mol. The van der Waals surface area contributed by atoms with Crippen LogP contribution in [0.15, 0.2) is 29.3 Å². The second-order valence-corrected chi connectivity index (χ2v) is 18.0. The maximum atomic E-state index is 13.0. The first kappa shape index (κ1) is 60.6. The van der Waals surface area contributed by atoms with Crippen LogP contribution < -0.4 is 34.7 Å². The number of hydrogen-bond acceptors (Lipinski definition) is 11.